The van der Waals surface area contributed by atoms with E-state index in [1.54, 1.807) is 12.1 Å². The van der Waals surface area contributed by atoms with Gasteiger partial charge in [0.25, 0.3) is 0 Å². The standard InChI is InChI=1S/C13H16N4/c1-4-10(5-2)12-9-11(7-6-8-15-3)16-13(14)17-12/h4-5,9,15H,1,8H2,2-3H3,(H2,14,16,17)/b10-5+. The molecule has 88 valence electrons. The SMILES string of the molecule is C=C/C(=C\C)c1cc(C#CCNC)nc(N)n1. The third-order valence-electron chi connectivity index (χ3n) is 2.05. The van der Waals surface area contributed by atoms with Crippen LogP contribution in [0.2, 0.25) is 0 Å². The van der Waals surface area contributed by atoms with Crippen LogP contribution in [0.3, 0.4) is 0 Å². The lowest BCUT2D eigenvalue weighted by molar-refractivity contribution is 0.938. The highest BCUT2D eigenvalue weighted by Gasteiger charge is 2.02. The molecule has 0 aliphatic heterocycles. The second-order valence-electron chi connectivity index (χ2n) is 3.28. The van der Waals surface area contributed by atoms with E-state index in [2.05, 4.69) is 33.7 Å². The number of nitrogen functional groups attached to an aromatic ring is 1. The molecule has 0 unspecified atom stereocenters. The Morgan fingerprint density at radius 3 is 2.94 bits per heavy atom. The van der Waals surface area contributed by atoms with E-state index < -0.39 is 0 Å². The minimum absolute atomic E-state index is 0.220. The van der Waals surface area contributed by atoms with E-state index in [4.69, 9.17) is 5.73 Å². The predicted molar refractivity (Wildman–Crippen MR) is 71.1 cm³/mol. The molecule has 0 radical (unpaired) electrons. The van der Waals surface area contributed by atoms with E-state index >= 15 is 0 Å². The van der Waals surface area contributed by atoms with Crippen LogP contribution in [-0.4, -0.2) is 23.6 Å². The first-order chi connectivity index (χ1) is 8.21. The molecular formula is C13H16N4. The number of allylic oxidation sites excluding steroid dienone is 3. The fourth-order valence-electron chi connectivity index (χ4n) is 1.27. The summed E-state index contributed by atoms with van der Waals surface area (Å²) in [6.45, 7) is 6.25. The lowest BCUT2D eigenvalue weighted by atomic mass is 10.1. The van der Waals surface area contributed by atoms with Crippen molar-refractivity contribution in [2.24, 2.45) is 0 Å². The lowest BCUT2D eigenvalue weighted by Crippen LogP contribution is -2.05. The monoisotopic (exact) mass is 228 g/mol. The smallest absolute Gasteiger partial charge is 0.221 e. The van der Waals surface area contributed by atoms with Crippen molar-refractivity contribution in [1.29, 1.82) is 0 Å². The Labute approximate surface area is 102 Å². The van der Waals surface area contributed by atoms with E-state index in [-0.39, 0.29) is 5.95 Å². The summed E-state index contributed by atoms with van der Waals surface area (Å²) in [6, 6.07) is 1.80. The summed E-state index contributed by atoms with van der Waals surface area (Å²) in [6.07, 6.45) is 3.65. The molecule has 0 atom stereocenters. The molecule has 0 amide bonds. The number of rotatable bonds is 3. The summed E-state index contributed by atoms with van der Waals surface area (Å²) < 4.78 is 0. The van der Waals surface area contributed by atoms with Crippen LogP contribution < -0.4 is 11.1 Å². The number of anilines is 1. The maximum atomic E-state index is 5.64. The number of nitrogens with one attached hydrogen (secondary N) is 1. The fraction of sp³-hybridized carbons (Fsp3) is 0.231. The first kappa shape index (κ1) is 12.9. The van der Waals surface area contributed by atoms with Crippen LogP contribution in [0.15, 0.2) is 24.8 Å². The molecule has 0 spiro atoms. The fourth-order valence-corrected chi connectivity index (χ4v) is 1.27. The lowest BCUT2D eigenvalue weighted by Gasteiger charge is -2.02. The summed E-state index contributed by atoms with van der Waals surface area (Å²) in [5, 5.41) is 2.94. The average Bonchev–Trinajstić information content (AvgIpc) is 2.30. The number of nitrogens with two attached hydrogens (primary N) is 1. The summed E-state index contributed by atoms with van der Waals surface area (Å²) in [4.78, 5) is 8.21. The zero-order valence-electron chi connectivity index (χ0n) is 10.1. The van der Waals surface area contributed by atoms with Gasteiger partial charge in [0, 0.05) is 0 Å². The molecule has 17 heavy (non-hydrogen) atoms. The minimum Gasteiger partial charge on any atom is -0.368 e. The van der Waals surface area contributed by atoms with Gasteiger partial charge in [-0.15, -0.1) is 0 Å². The Morgan fingerprint density at radius 2 is 2.35 bits per heavy atom. The van der Waals surface area contributed by atoms with Gasteiger partial charge in [-0.3, -0.25) is 0 Å². The van der Waals surface area contributed by atoms with E-state index in [1.165, 1.54) is 0 Å². The second-order valence-corrected chi connectivity index (χ2v) is 3.28. The van der Waals surface area contributed by atoms with Crippen LogP contribution in [-0.2, 0) is 0 Å². The normalized spacial score (nSPS) is 10.6. The van der Waals surface area contributed by atoms with E-state index in [9.17, 15) is 0 Å². The summed E-state index contributed by atoms with van der Waals surface area (Å²) in [7, 11) is 1.84. The predicted octanol–water partition coefficient (Wildman–Crippen LogP) is 1.22. The number of aromatic nitrogens is 2. The maximum absolute atomic E-state index is 5.64. The van der Waals surface area contributed by atoms with Crippen LogP contribution in [0.4, 0.5) is 5.95 Å². The van der Waals surface area contributed by atoms with Crippen LogP contribution in [0.5, 0.6) is 0 Å². The Hall–Kier alpha value is -2.12. The van der Waals surface area contributed by atoms with Crippen molar-refractivity contribution in [1.82, 2.24) is 15.3 Å². The molecule has 3 N–H and O–H groups in total. The summed E-state index contributed by atoms with van der Waals surface area (Å²) >= 11 is 0. The molecule has 0 aliphatic carbocycles. The molecule has 0 bridgehead atoms. The maximum Gasteiger partial charge on any atom is 0.221 e. The quantitative estimate of drug-likeness (QED) is 0.603. The van der Waals surface area contributed by atoms with Gasteiger partial charge in [-0.1, -0.05) is 24.7 Å². The molecule has 1 rings (SSSR count). The van der Waals surface area contributed by atoms with Crippen LogP contribution in [0, 0.1) is 11.8 Å². The van der Waals surface area contributed by atoms with Gasteiger partial charge in [0.1, 0.15) is 5.69 Å². The van der Waals surface area contributed by atoms with Gasteiger partial charge < -0.3 is 11.1 Å². The number of hydrogen-bond acceptors (Lipinski definition) is 4. The molecule has 0 saturated heterocycles. The van der Waals surface area contributed by atoms with Gasteiger partial charge in [0.15, 0.2) is 0 Å². The van der Waals surface area contributed by atoms with Crippen molar-refractivity contribution in [3.8, 4) is 11.8 Å². The Bertz CT molecular complexity index is 492. The third kappa shape index (κ3) is 3.74. The highest BCUT2D eigenvalue weighted by molar-refractivity contribution is 5.71. The van der Waals surface area contributed by atoms with E-state index in [1.807, 2.05) is 20.0 Å². The average molecular weight is 228 g/mol. The second kappa shape index (κ2) is 6.46. The topological polar surface area (TPSA) is 63.8 Å². The van der Waals surface area contributed by atoms with Crippen LogP contribution in [0.1, 0.15) is 18.3 Å². The largest absolute Gasteiger partial charge is 0.368 e. The zero-order chi connectivity index (χ0) is 12.7. The van der Waals surface area contributed by atoms with Gasteiger partial charge in [-0.25, -0.2) is 9.97 Å². The Morgan fingerprint density at radius 1 is 1.59 bits per heavy atom. The van der Waals surface area contributed by atoms with Crippen molar-refractivity contribution < 1.29 is 0 Å². The number of hydrogen-bond donors (Lipinski definition) is 2. The Balaban J connectivity index is 3.11. The molecule has 1 heterocycles. The van der Waals surface area contributed by atoms with Gasteiger partial charge in [0.05, 0.1) is 12.2 Å². The van der Waals surface area contributed by atoms with Gasteiger partial charge in [-0.05, 0) is 31.5 Å². The molecule has 1 aromatic rings. The first-order valence-corrected chi connectivity index (χ1v) is 5.28. The highest BCUT2D eigenvalue weighted by Crippen LogP contribution is 2.14. The molecular weight excluding hydrogens is 212 g/mol. The summed E-state index contributed by atoms with van der Waals surface area (Å²) in [5.74, 6) is 6.07. The van der Waals surface area contributed by atoms with Gasteiger partial charge in [-0.2, -0.15) is 0 Å². The molecule has 0 aromatic carbocycles. The van der Waals surface area contributed by atoms with Crippen molar-refractivity contribution >= 4 is 11.5 Å². The van der Waals surface area contributed by atoms with Crippen LogP contribution >= 0.6 is 0 Å². The van der Waals surface area contributed by atoms with Gasteiger partial charge >= 0.3 is 0 Å². The van der Waals surface area contributed by atoms with Crippen molar-refractivity contribution in [3.05, 3.63) is 36.2 Å². The zero-order valence-corrected chi connectivity index (χ0v) is 10.1. The summed E-state index contributed by atoms with van der Waals surface area (Å²) in [5.41, 5.74) is 7.91. The van der Waals surface area contributed by atoms with Crippen molar-refractivity contribution in [2.75, 3.05) is 19.3 Å². The van der Waals surface area contributed by atoms with E-state index in [0.717, 1.165) is 11.3 Å². The molecule has 0 saturated carbocycles. The molecule has 0 fully saturated rings. The first-order valence-electron chi connectivity index (χ1n) is 5.28. The Kier molecular flexibility index (Phi) is 4.92. The van der Waals surface area contributed by atoms with Crippen molar-refractivity contribution in [2.45, 2.75) is 6.92 Å². The van der Waals surface area contributed by atoms with Gasteiger partial charge in [0.2, 0.25) is 5.95 Å². The molecule has 4 nitrogen and oxygen atoms in total. The van der Waals surface area contributed by atoms with Crippen molar-refractivity contribution in [3.63, 3.8) is 0 Å². The third-order valence-corrected chi connectivity index (χ3v) is 2.05. The minimum atomic E-state index is 0.220. The highest BCUT2D eigenvalue weighted by atomic mass is 15.0. The van der Waals surface area contributed by atoms with E-state index in [0.29, 0.717) is 12.2 Å². The molecule has 0 aliphatic rings. The molecule has 4 heteroatoms. The molecule has 1 aromatic heterocycles. The van der Waals surface area contributed by atoms with Crippen LogP contribution in [0.25, 0.3) is 5.57 Å². The number of nitrogens with zero attached hydrogens (tertiary/aromatic N) is 2.